The molecular weight excluding hydrogens is 430 g/mol. The monoisotopic (exact) mass is 449 g/mol. The minimum atomic E-state index is -0.705. The molecule has 0 aliphatic carbocycles. The van der Waals surface area contributed by atoms with Gasteiger partial charge in [-0.3, -0.25) is 19.7 Å². The summed E-state index contributed by atoms with van der Waals surface area (Å²) in [5.74, 6) is -1.11. The molecule has 0 unspecified atom stereocenters. The lowest BCUT2D eigenvalue weighted by molar-refractivity contribution is -0.385. The van der Waals surface area contributed by atoms with Crippen LogP contribution in [0.25, 0.3) is 0 Å². The average molecular weight is 450 g/mol. The summed E-state index contributed by atoms with van der Waals surface area (Å²) >= 11 is 6.09. The van der Waals surface area contributed by atoms with Crippen molar-refractivity contribution in [2.75, 3.05) is 13.7 Å². The molecule has 0 saturated carbocycles. The number of ether oxygens (including phenoxy) is 3. The Kier molecular flexibility index (Phi) is 7.92. The van der Waals surface area contributed by atoms with Gasteiger partial charge in [-0.1, -0.05) is 11.6 Å². The molecule has 0 atom stereocenters. The topological polar surface area (TPSA) is 129 Å². The lowest BCUT2D eigenvalue weighted by atomic mass is 10.1. The molecule has 2 aromatic carbocycles. The van der Waals surface area contributed by atoms with Crippen molar-refractivity contribution in [2.24, 2.45) is 5.10 Å². The first-order valence-corrected chi connectivity index (χ1v) is 9.27. The highest BCUT2D eigenvalue weighted by atomic mass is 35.5. The predicted octanol–water partition coefficient (Wildman–Crippen LogP) is 3.33. The maximum absolute atomic E-state index is 12.0. The number of carbonyl (C=O) groups excluding carboxylic acids is 2. The number of nitrogens with one attached hydrogen (secondary N) is 1. The molecule has 1 amide bonds. The Balaban J connectivity index is 2.10. The third-order valence-electron chi connectivity index (χ3n) is 3.94. The van der Waals surface area contributed by atoms with E-state index in [9.17, 15) is 19.7 Å². The van der Waals surface area contributed by atoms with E-state index in [4.69, 9.17) is 25.8 Å². The van der Waals surface area contributed by atoms with E-state index in [0.29, 0.717) is 10.8 Å². The van der Waals surface area contributed by atoms with Crippen LogP contribution in [0.4, 0.5) is 5.69 Å². The van der Waals surface area contributed by atoms with E-state index in [1.165, 1.54) is 19.2 Å². The van der Waals surface area contributed by atoms with E-state index in [-0.39, 0.29) is 23.7 Å². The van der Waals surface area contributed by atoms with Crippen molar-refractivity contribution < 1.29 is 28.7 Å². The molecule has 0 spiro atoms. The molecule has 164 valence electrons. The number of carbonyl (C=O) groups is 2. The molecule has 0 saturated heterocycles. The molecule has 0 heterocycles. The summed E-state index contributed by atoms with van der Waals surface area (Å²) in [5.41, 5.74) is 3.41. The van der Waals surface area contributed by atoms with Gasteiger partial charge in [0.25, 0.3) is 5.91 Å². The van der Waals surface area contributed by atoms with Crippen LogP contribution < -0.4 is 19.6 Å². The number of nitrogens with zero attached hydrogens (tertiary/aromatic N) is 2. The van der Waals surface area contributed by atoms with Gasteiger partial charge in [-0.15, -0.1) is 0 Å². The van der Waals surface area contributed by atoms with Crippen LogP contribution in [0.3, 0.4) is 0 Å². The zero-order valence-corrected chi connectivity index (χ0v) is 18.0. The Hall–Kier alpha value is -3.66. The zero-order chi connectivity index (χ0) is 23.1. The highest BCUT2D eigenvalue weighted by molar-refractivity contribution is 6.32. The first-order chi connectivity index (χ1) is 14.6. The summed E-state index contributed by atoms with van der Waals surface area (Å²) in [6.45, 7) is 4.47. The van der Waals surface area contributed by atoms with Crippen molar-refractivity contribution in [1.29, 1.82) is 0 Å². The van der Waals surface area contributed by atoms with Crippen LogP contribution in [0.1, 0.15) is 23.6 Å². The Morgan fingerprint density at radius 2 is 1.90 bits per heavy atom. The number of amides is 1. The summed E-state index contributed by atoms with van der Waals surface area (Å²) in [7, 11) is 1.20. The van der Waals surface area contributed by atoms with Crippen molar-refractivity contribution in [3.8, 4) is 17.2 Å². The molecule has 31 heavy (non-hydrogen) atoms. The Morgan fingerprint density at radius 3 is 2.45 bits per heavy atom. The second kappa shape index (κ2) is 10.4. The van der Waals surface area contributed by atoms with Crippen molar-refractivity contribution in [1.82, 2.24) is 5.43 Å². The lowest BCUT2D eigenvalue weighted by Crippen LogP contribution is -2.24. The first kappa shape index (κ1) is 23.6. The van der Waals surface area contributed by atoms with Crippen molar-refractivity contribution in [3.05, 3.63) is 56.1 Å². The third kappa shape index (κ3) is 6.16. The summed E-state index contributed by atoms with van der Waals surface area (Å²) in [4.78, 5) is 33.9. The summed E-state index contributed by atoms with van der Waals surface area (Å²) < 4.78 is 15.4. The van der Waals surface area contributed by atoms with Crippen LogP contribution in [-0.4, -0.2) is 36.7 Å². The van der Waals surface area contributed by atoms with Crippen molar-refractivity contribution >= 4 is 35.4 Å². The molecule has 0 aromatic heterocycles. The molecule has 0 radical (unpaired) electrons. The van der Waals surface area contributed by atoms with Gasteiger partial charge in [0.2, 0.25) is 5.75 Å². The number of nitro groups is 1. The number of aryl methyl sites for hydroxylation is 2. The number of methoxy groups -OCH3 is 1. The molecular formula is C20H20ClN3O7. The zero-order valence-electron chi connectivity index (χ0n) is 17.2. The second-order valence-electron chi connectivity index (χ2n) is 6.34. The smallest absolute Gasteiger partial charge is 0.323 e. The number of nitro benzene ring substituents is 1. The first-order valence-electron chi connectivity index (χ1n) is 8.89. The molecule has 0 fully saturated rings. The van der Waals surface area contributed by atoms with E-state index in [1.807, 2.05) is 13.8 Å². The number of hydrogen-bond acceptors (Lipinski definition) is 8. The summed E-state index contributed by atoms with van der Waals surface area (Å²) in [6.07, 6.45) is 1.08. The molecule has 0 aliphatic heterocycles. The average Bonchev–Trinajstić information content (AvgIpc) is 2.70. The SMILES string of the molecule is COc1c(OC(C)=O)ccc(/C=N\NC(=O)COc2cc(C)c(Cl)c(C)c2)c1[N+](=O)[O-]. The molecule has 0 aliphatic rings. The van der Waals surface area contributed by atoms with E-state index in [0.717, 1.165) is 24.3 Å². The van der Waals surface area contributed by atoms with E-state index in [1.54, 1.807) is 12.1 Å². The molecule has 2 aromatic rings. The number of halogens is 1. The van der Waals surface area contributed by atoms with Crippen LogP contribution in [0.2, 0.25) is 5.02 Å². The summed E-state index contributed by atoms with van der Waals surface area (Å²) in [5, 5.41) is 15.8. The number of benzene rings is 2. The fraction of sp³-hybridized carbons (Fsp3) is 0.250. The number of hydrazone groups is 1. The quantitative estimate of drug-likeness (QED) is 0.215. The highest BCUT2D eigenvalue weighted by Gasteiger charge is 2.25. The van der Waals surface area contributed by atoms with Crippen molar-refractivity contribution in [3.63, 3.8) is 0 Å². The maximum atomic E-state index is 12.0. The van der Waals surface area contributed by atoms with E-state index in [2.05, 4.69) is 10.5 Å². The number of rotatable bonds is 8. The van der Waals surface area contributed by atoms with Crippen LogP contribution in [0.15, 0.2) is 29.4 Å². The van der Waals surface area contributed by atoms with Gasteiger partial charge in [0.15, 0.2) is 12.4 Å². The van der Waals surface area contributed by atoms with Gasteiger partial charge in [0, 0.05) is 11.9 Å². The highest BCUT2D eigenvalue weighted by Crippen LogP contribution is 2.39. The van der Waals surface area contributed by atoms with Crippen molar-refractivity contribution in [2.45, 2.75) is 20.8 Å². The number of hydrogen-bond donors (Lipinski definition) is 1. The Bertz CT molecular complexity index is 1030. The van der Waals surface area contributed by atoms with E-state index < -0.39 is 22.5 Å². The van der Waals surface area contributed by atoms with Crippen LogP contribution in [0, 0.1) is 24.0 Å². The van der Waals surface area contributed by atoms with Crippen LogP contribution in [-0.2, 0) is 9.59 Å². The second-order valence-corrected chi connectivity index (χ2v) is 6.72. The largest absolute Gasteiger partial charge is 0.488 e. The third-order valence-corrected chi connectivity index (χ3v) is 4.54. The van der Waals surface area contributed by atoms with Crippen LogP contribution in [0.5, 0.6) is 17.2 Å². The van der Waals surface area contributed by atoms with E-state index >= 15 is 0 Å². The predicted molar refractivity (Wildman–Crippen MR) is 113 cm³/mol. The molecule has 1 N–H and O–H groups in total. The standard InChI is InChI=1S/C20H20ClN3O7/c1-11-7-15(8-12(2)18(11)21)30-10-17(26)23-22-9-14-5-6-16(31-13(3)25)20(29-4)19(14)24(27)28/h5-9H,10H2,1-4H3,(H,23,26)/b22-9-. The molecule has 11 heteroatoms. The fourth-order valence-electron chi connectivity index (χ4n) is 2.64. The van der Waals surface area contributed by atoms with Gasteiger partial charge < -0.3 is 14.2 Å². The summed E-state index contributed by atoms with van der Waals surface area (Å²) in [6, 6.07) is 6.04. The lowest BCUT2D eigenvalue weighted by Gasteiger charge is -2.10. The molecule has 2 rings (SSSR count). The fourth-order valence-corrected chi connectivity index (χ4v) is 2.75. The molecule has 10 nitrogen and oxygen atoms in total. The van der Waals surface area contributed by atoms with Gasteiger partial charge >= 0.3 is 11.7 Å². The minimum Gasteiger partial charge on any atom is -0.488 e. The minimum absolute atomic E-state index is 0.0305. The van der Waals surface area contributed by atoms with Gasteiger partial charge in [0.1, 0.15) is 5.75 Å². The normalized spacial score (nSPS) is 10.6. The Labute approximate surface area is 182 Å². The molecule has 0 bridgehead atoms. The maximum Gasteiger partial charge on any atom is 0.323 e. The van der Waals surface area contributed by atoms with Gasteiger partial charge in [0.05, 0.1) is 23.8 Å². The van der Waals surface area contributed by atoms with Crippen LogP contribution >= 0.6 is 11.6 Å². The van der Waals surface area contributed by atoms with Gasteiger partial charge in [-0.05, 0) is 49.2 Å². The van der Waals surface area contributed by atoms with Gasteiger partial charge in [-0.2, -0.15) is 5.10 Å². The number of esters is 1. The van der Waals surface area contributed by atoms with Gasteiger partial charge in [-0.25, -0.2) is 5.43 Å². The Morgan fingerprint density at radius 1 is 1.26 bits per heavy atom.